The van der Waals surface area contributed by atoms with Crippen molar-refractivity contribution in [3.63, 3.8) is 0 Å². The standard InChI is InChI=1S/C12H16ClNO/c1-9(2)14-7-8-15-12(14)10-3-5-11(13)6-4-10/h3-6,9,12H,7-8H2,1-2H3/t12-/m1/s1. The third-order valence-electron chi connectivity index (χ3n) is 2.74. The normalized spacial score (nSPS) is 22.5. The lowest BCUT2D eigenvalue weighted by atomic mass is 10.1. The van der Waals surface area contributed by atoms with Crippen molar-refractivity contribution in [2.75, 3.05) is 13.2 Å². The molecule has 0 radical (unpaired) electrons. The molecular weight excluding hydrogens is 210 g/mol. The van der Waals surface area contributed by atoms with E-state index in [1.165, 1.54) is 5.56 Å². The number of ether oxygens (including phenoxy) is 1. The first kappa shape index (κ1) is 10.9. The summed E-state index contributed by atoms with van der Waals surface area (Å²) in [6.07, 6.45) is 0.0993. The topological polar surface area (TPSA) is 12.5 Å². The maximum Gasteiger partial charge on any atom is 0.137 e. The fourth-order valence-corrected chi connectivity index (χ4v) is 2.05. The van der Waals surface area contributed by atoms with Crippen molar-refractivity contribution in [2.24, 2.45) is 0 Å². The number of rotatable bonds is 2. The van der Waals surface area contributed by atoms with Crippen LogP contribution in [0.3, 0.4) is 0 Å². The summed E-state index contributed by atoms with van der Waals surface area (Å²) in [7, 11) is 0. The number of benzene rings is 1. The molecule has 1 aliphatic rings. The van der Waals surface area contributed by atoms with Gasteiger partial charge in [-0.1, -0.05) is 23.7 Å². The molecule has 1 aromatic carbocycles. The minimum absolute atomic E-state index is 0.0993. The first-order valence-corrected chi connectivity index (χ1v) is 5.69. The van der Waals surface area contributed by atoms with E-state index in [4.69, 9.17) is 16.3 Å². The maximum absolute atomic E-state index is 5.86. The van der Waals surface area contributed by atoms with E-state index in [9.17, 15) is 0 Å². The molecule has 15 heavy (non-hydrogen) atoms. The molecule has 3 heteroatoms. The zero-order chi connectivity index (χ0) is 10.8. The Morgan fingerprint density at radius 2 is 2.00 bits per heavy atom. The summed E-state index contributed by atoms with van der Waals surface area (Å²) < 4.78 is 5.74. The highest BCUT2D eigenvalue weighted by Crippen LogP contribution is 2.29. The first-order chi connectivity index (χ1) is 7.18. The van der Waals surface area contributed by atoms with Gasteiger partial charge in [-0.05, 0) is 31.5 Å². The van der Waals surface area contributed by atoms with Gasteiger partial charge >= 0.3 is 0 Å². The molecule has 2 rings (SSSR count). The molecule has 1 heterocycles. The van der Waals surface area contributed by atoms with E-state index < -0.39 is 0 Å². The number of nitrogens with zero attached hydrogens (tertiary/aromatic N) is 1. The van der Waals surface area contributed by atoms with E-state index in [-0.39, 0.29) is 6.23 Å². The summed E-state index contributed by atoms with van der Waals surface area (Å²) in [6, 6.07) is 8.41. The second-order valence-electron chi connectivity index (χ2n) is 4.11. The van der Waals surface area contributed by atoms with Crippen LogP contribution in [0.25, 0.3) is 0 Å². The van der Waals surface area contributed by atoms with Gasteiger partial charge in [-0.3, -0.25) is 4.90 Å². The molecule has 1 atom stereocenters. The number of hydrogen-bond donors (Lipinski definition) is 0. The zero-order valence-electron chi connectivity index (χ0n) is 9.11. The quantitative estimate of drug-likeness (QED) is 0.767. The van der Waals surface area contributed by atoms with Gasteiger partial charge in [0.05, 0.1) is 6.61 Å². The Bertz CT molecular complexity index is 323. The van der Waals surface area contributed by atoms with Crippen LogP contribution in [0, 0.1) is 0 Å². The molecule has 0 bridgehead atoms. The van der Waals surface area contributed by atoms with E-state index in [1.54, 1.807) is 0 Å². The van der Waals surface area contributed by atoms with Gasteiger partial charge < -0.3 is 4.74 Å². The summed E-state index contributed by atoms with van der Waals surface area (Å²) in [6.45, 7) is 6.20. The summed E-state index contributed by atoms with van der Waals surface area (Å²) in [5, 5.41) is 0.771. The van der Waals surface area contributed by atoms with Crippen molar-refractivity contribution in [1.29, 1.82) is 0 Å². The second-order valence-corrected chi connectivity index (χ2v) is 4.54. The predicted molar refractivity (Wildman–Crippen MR) is 62.0 cm³/mol. The van der Waals surface area contributed by atoms with E-state index in [0.29, 0.717) is 6.04 Å². The van der Waals surface area contributed by atoms with Crippen LogP contribution in [0.5, 0.6) is 0 Å². The number of halogens is 1. The molecule has 0 unspecified atom stereocenters. The molecule has 0 aromatic heterocycles. The lowest BCUT2D eigenvalue weighted by Crippen LogP contribution is -2.30. The first-order valence-electron chi connectivity index (χ1n) is 5.31. The highest BCUT2D eigenvalue weighted by atomic mass is 35.5. The largest absolute Gasteiger partial charge is 0.358 e. The second kappa shape index (κ2) is 4.52. The smallest absolute Gasteiger partial charge is 0.137 e. The van der Waals surface area contributed by atoms with Crippen molar-refractivity contribution in [3.8, 4) is 0 Å². The Morgan fingerprint density at radius 3 is 2.60 bits per heavy atom. The fourth-order valence-electron chi connectivity index (χ4n) is 1.93. The average molecular weight is 226 g/mol. The van der Waals surface area contributed by atoms with Gasteiger partial charge in [0, 0.05) is 17.6 Å². The van der Waals surface area contributed by atoms with Gasteiger partial charge in [-0.25, -0.2) is 0 Å². The van der Waals surface area contributed by atoms with Gasteiger partial charge in [-0.15, -0.1) is 0 Å². The SMILES string of the molecule is CC(C)N1CCO[C@@H]1c1ccc(Cl)cc1. The van der Waals surface area contributed by atoms with Crippen molar-refractivity contribution < 1.29 is 4.74 Å². The molecule has 1 aromatic rings. The van der Waals surface area contributed by atoms with Crippen LogP contribution >= 0.6 is 11.6 Å². The molecule has 0 spiro atoms. The summed E-state index contributed by atoms with van der Waals surface area (Å²) in [5.74, 6) is 0. The molecule has 1 saturated heterocycles. The Hall–Kier alpha value is -0.570. The van der Waals surface area contributed by atoms with Crippen LogP contribution < -0.4 is 0 Å². The number of hydrogen-bond acceptors (Lipinski definition) is 2. The van der Waals surface area contributed by atoms with Crippen LogP contribution in [0.15, 0.2) is 24.3 Å². The summed E-state index contributed by atoms with van der Waals surface area (Å²) >= 11 is 5.86. The molecule has 2 nitrogen and oxygen atoms in total. The van der Waals surface area contributed by atoms with E-state index in [0.717, 1.165) is 18.2 Å². The summed E-state index contributed by atoms with van der Waals surface area (Å²) in [4.78, 5) is 2.35. The van der Waals surface area contributed by atoms with Gasteiger partial charge in [0.15, 0.2) is 0 Å². The molecule has 0 N–H and O–H groups in total. The Balaban J connectivity index is 2.19. The van der Waals surface area contributed by atoms with Crippen molar-refractivity contribution in [1.82, 2.24) is 4.90 Å². The van der Waals surface area contributed by atoms with Gasteiger partial charge in [0.2, 0.25) is 0 Å². The van der Waals surface area contributed by atoms with Crippen LogP contribution in [0.1, 0.15) is 25.6 Å². The van der Waals surface area contributed by atoms with Crippen molar-refractivity contribution >= 4 is 11.6 Å². The van der Waals surface area contributed by atoms with Gasteiger partial charge in [-0.2, -0.15) is 0 Å². The lowest BCUT2D eigenvalue weighted by Gasteiger charge is -2.26. The molecular formula is C12H16ClNO. The third kappa shape index (κ3) is 2.33. The predicted octanol–water partition coefficient (Wildman–Crippen LogP) is 3.08. The monoisotopic (exact) mass is 225 g/mol. The van der Waals surface area contributed by atoms with Crippen LogP contribution in [-0.4, -0.2) is 24.1 Å². The molecule has 1 aliphatic heterocycles. The zero-order valence-corrected chi connectivity index (χ0v) is 9.87. The molecule has 82 valence electrons. The van der Waals surface area contributed by atoms with Gasteiger partial charge in [0.25, 0.3) is 0 Å². The Labute approximate surface area is 95.8 Å². The molecule has 0 saturated carbocycles. The molecule has 0 aliphatic carbocycles. The lowest BCUT2D eigenvalue weighted by molar-refractivity contribution is 0.0181. The highest BCUT2D eigenvalue weighted by Gasteiger charge is 2.28. The maximum atomic E-state index is 5.86. The van der Waals surface area contributed by atoms with E-state index in [2.05, 4.69) is 18.7 Å². The fraction of sp³-hybridized carbons (Fsp3) is 0.500. The molecule has 0 amide bonds. The highest BCUT2D eigenvalue weighted by molar-refractivity contribution is 6.30. The van der Waals surface area contributed by atoms with E-state index >= 15 is 0 Å². The van der Waals surface area contributed by atoms with Crippen LogP contribution in [0.4, 0.5) is 0 Å². The average Bonchev–Trinajstić information content (AvgIpc) is 2.67. The van der Waals surface area contributed by atoms with Crippen LogP contribution in [-0.2, 0) is 4.74 Å². The Morgan fingerprint density at radius 1 is 1.33 bits per heavy atom. The minimum Gasteiger partial charge on any atom is -0.358 e. The van der Waals surface area contributed by atoms with E-state index in [1.807, 2.05) is 24.3 Å². The van der Waals surface area contributed by atoms with Crippen LogP contribution in [0.2, 0.25) is 5.02 Å². The van der Waals surface area contributed by atoms with Crippen molar-refractivity contribution in [3.05, 3.63) is 34.9 Å². The Kier molecular flexibility index (Phi) is 3.29. The van der Waals surface area contributed by atoms with Gasteiger partial charge in [0.1, 0.15) is 6.23 Å². The van der Waals surface area contributed by atoms with Crippen molar-refractivity contribution in [2.45, 2.75) is 26.1 Å². The molecule has 1 fully saturated rings. The summed E-state index contributed by atoms with van der Waals surface area (Å²) in [5.41, 5.74) is 1.19. The third-order valence-corrected chi connectivity index (χ3v) is 3.00. The minimum atomic E-state index is 0.0993.